The van der Waals surface area contributed by atoms with Gasteiger partial charge in [-0.05, 0) is 97.9 Å². The van der Waals surface area contributed by atoms with E-state index in [2.05, 4.69) is 24.1 Å². The van der Waals surface area contributed by atoms with E-state index in [-0.39, 0.29) is 11.8 Å². The number of nitrogens with one attached hydrogen (secondary N) is 1. The Labute approximate surface area is 337 Å². The summed E-state index contributed by atoms with van der Waals surface area (Å²) >= 11 is 0. The fourth-order valence-corrected chi connectivity index (χ4v) is 12.2. The Bertz CT molecular complexity index is 2410. The lowest BCUT2D eigenvalue weighted by Gasteiger charge is -2.33. The number of carbonyl (C=O) groups is 2. The molecule has 9 rings (SSSR count). The molecule has 4 aromatic rings. The molecule has 4 aliphatic heterocycles. The van der Waals surface area contributed by atoms with Gasteiger partial charge in [-0.2, -0.15) is 0 Å². The van der Waals surface area contributed by atoms with E-state index in [0.29, 0.717) is 53.0 Å². The first-order valence-electron chi connectivity index (χ1n) is 21.0. The Balaban J connectivity index is 0.000000162. The second-order valence-corrected chi connectivity index (χ2v) is 21.1. The van der Waals surface area contributed by atoms with Crippen LogP contribution in [0.3, 0.4) is 0 Å². The first kappa shape index (κ1) is 40.1. The summed E-state index contributed by atoms with van der Waals surface area (Å²) in [5.41, 5.74) is 6.55. The lowest BCUT2D eigenvalue weighted by atomic mass is 9.98. The summed E-state index contributed by atoms with van der Waals surface area (Å²) in [6.45, 7) is 10.7. The van der Waals surface area contributed by atoms with Crippen molar-refractivity contribution in [3.05, 3.63) is 70.0 Å². The number of hydrogen-bond acceptors (Lipinski definition) is 8. The molecule has 0 unspecified atom stereocenters. The van der Waals surface area contributed by atoms with Crippen LogP contribution >= 0.6 is 0 Å². The molecule has 5 aliphatic rings. The summed E-state index contributed by atoms with van der Waals surface area (Å²) in [6.07, 6.45) is 13.1. The molecule has 1 N–H and O–H groups in total. The second kappa shape index (κ2) is 15.8. The SMILES string of the molecule is CC1CCN(C(=O)c2ccc3c(c2)c2c(n3S(C)(=O)=O)CCN(C3CCCC3)C2)CC1.CC1CCN(C(=O)c2ccc3c(c2)c2c(n3S(C)(=O)=O)CCNC2)CC1. The Morgan fingerprint density at radius 3 is 1.60 bits per heavy atom. The van der Waals surface area contributed by atoms with Gasteiger partial charge in [0, 0.05) is 105 Å². The van der Waals surface area contributed by atoms with Crippen molar-refractivity contribution in [3.8, 4) is 0 Å². The monoisotopic (exact) mass is 818 g/mol. The van der Waals surface area contributed by atoms with Gasteiger partial charge in [-0.25, -0.2) is 24.8 Å². The minimum atomic E-state index is -3.42. The molecule has 57 heavy (non-hydrogen) atoms. The number of rotatable bonds is 5. The molecular weight excluding hydrogens is 761 g/mol. The van der Waals surface area contributed by atoms with Crippen molar-refractivity contribution in [1.82, 2.24) is 28.0 Å². The third kappa shape index (κ3) is 7.91. The molecule has 0 bridgehead atoms. The predicted octanol–water partition coefficient (Wildman–Crippen LogP) is 5.59. The van der Waals surface area contributed by atoms with Crippen molar-refractivity contribution in [2.45, 2.75) is 97.2 Å². The third-order valence-electron chi connectivity index (χ3n) is 13.2. The third-order valence-corrected chi connectivity index (χ3v) is 15.4. The Morgan fingerprint density at radius 2 is 1.11 bits per heavy atom. The molecule has 2 aromatic carbocycles. The average molecular weight is 819 g/mol. The fourth-order valence-electron chi connectivity index (χ4n) is 9.98. The molecule has 0 spiro atoms. The van der Waals surface area contributed by atoms with Crippen molar-refractivity contribution in [2.75, 3.05) is 51.8 Å². The van der Waals surface area contributed by atoms with Gasteiger partial charge in [0.2, 0.25) is 20.0 Å². The lowest BCUT2D eigenvalue weighted by molar-refractivity contribution is 0.0689. The van der Waals surface area contributed by atoms with E-state index in [9.17, 15) is 26.4 Å². The Hall–Kier alpha value is -3.72. The Kier molecular flexibility index (Phi) is 11.1. The maximum atomic E-state index is 13.2. The van der Waals surface area contributed by atoms with Crippen LogP contribution in [0.25, 0.3) is 21.8 Å². The van der Waals surface area contributed by atoms with E-state index in [1.165, 1.54) is 46.1 Å². The summed E-state index contributed by atoms with van der Waals surface area (Å²) in [5.74, 6) is 1.45. The van der Waals surface area contributed by atoms with Crippen LogP contribution in [0.2, 0.25) is 0 Å². The maximum absolute atomic E-state index is 13.2. The van der Waals surface area contributed by atoms with E-state index >= 15 is 0 Å². The van der Waals surface area contributed by atoms with Crippen LogP contribution in [-0.4, -0.2) is 109 Å². The molecule has 308 valence electrons. The Morgan fingerprint density at radius 1 is 0.632 bits per heavy atom. The minimum Gasteiger partial charge on any atom is -0.339 e. The van der Waals surface area contributed by atoms with Gasteiger partial charge in [-0.3, -0.25) is 14.5 Å². The number of aromatic nitrogens is 2. The fraction of sp³-hybridized carbons (Fsp3) is 0.581. The summed E-state index contributed by atoms with van der Waals surface area (Å²) < 4.78 is 53.0. The zero-order valence-electron chi connectivity index (χ0n) is 33.9. The van der Waals surface area contributed by atoms with Crippen LogP contribution in [0.1, 0.15) is 108 Å². The molecular formula is C43H58N6O6S2. The van der Waals surface area contributed by atoms with Crippen molar-refractivity contribution in [3.63, 3.8) is 0 Å². The molecule has 6 heterocycles. The molecule has 3 fully saturated rings. The molecule has 12 nitrogen and oxygen atoms in total. The highest BCUT2D eigenvalue weighted by molar-refractivity contribution is 7.89. The molecule has 2 amide bonds. The van der Waals surface area contributed by atoms with Crippen LogP contribution in [0.4, 0.5) is 0 Å². The number of benzene rings is 2. The first-order chi connectivity index (χ1) is 27.2. The van der Waals surface area contributed by atoms with E-state index < -0.39 is 20.0 Å². The van der Waals surface area contributed by atoms with Gasteiger partial charge in [-0.15, -0.1) is 0 Å². The summed E-state index contributed by atoms with van der Waals surface area (Å²) in [5, 5.41) is 5.11. The van der Waals surface area contributed by atoms with Crippen molar-refractivity contribution >= 4 is 53.7 Å². The van der Waals surface area contributed by atoms with Gasteiger partial charge in [0.25, 0.3) is 11.8 Å². The number of nitrogens with zero attached hydrogens (tertiary/aromatic N) is 5. The van der Waals surface area contributed by atoms with Crippen LogP contribution in [0.15, 0.2) is 36.4 Å². The van der Waals surface area contributed by atoms with Crippen molar-refractivity contribution in [1.29, 1.82) is 0 Å². The topological polar surface area (TPSA) is 134 Å². The largest absolute Gasteiger partial charge is 0.339 e. The molecule has 2 aromatic heterocycles. The number of likely N-dealkylation sites (tertiary alicyclic amines) is 2. The quantitative estimate of drug-likeness (QED) is 0.276. The second-order valence-electron chi connectivity index (χ2n) is 17.4. The molecule has 1 saturated carbocycles. The molecule has 14 heteroatoms. The van der Waals surface area contributed by atoms with Gasteiger partial charge in [-0.1, -0.05) is 26.7 Å². The molecule has 0 radical (unpaired) electrons. The summed E-state index contributed by atoms with van der Waals surface area (Å²) in [6, 6.07) is 11.6. The van der Waals surface area contributed by atoms with Crippen LogP contribution in [-0.2, 0) is 46.0 Å². The average Bonchev–Trinajstić information content (AvgIpc) is 3.93. The van der Waals surface area contributed by atoms with Crippen LogP contribution in [0, 0.1) is 11.8 Å². The van der Waals surface area contributed by atoms with Gasteiger partial charge in [0.05, 0.1) is 23.5 Å². The van der Waals surface area contributed by atoms with Crippen LogP contribution < -0.4 is 5.32 Å². The zero-order valence-corrected chi connectivity index (χ0v) is 35.6. The molecule has 1 aliphatic carbocycles. The highest BCUT2D eigenvalue weighted by atomic mass is 32.2. The number of amides is 2. The number of carbonyl (C=O) groups excluding carboxylic acids is 2. The van der Waals surface area contributed by atoms with Gasteiger partial charge >= 0.3 is 0 Å². The summed E-state index contributed by atoms with van der Waals surface area (Å²) in [7, 11) is -6.81. The number of hydrogen-bond donors (Lipinski definition) is 1. The van der Waals surface area contributed by atoms with E-state index in [4.69, 9.17) is 0 Å². The standard InChI is InChI=1S/C24H33N3O3S.C19H25N3O3S/c1-17-9-12-25(13-10-17)24(28)18-7-8-22-20(15-18)21-16-26(19-5-3-4-6-19)14-11-23(21)27(22)31(2,29)30;1-13-6-9-21(10-7-13)19(23)14-3-4-17-15(11-14)16-12-20-8-5-18(16)22(17)26(2,24)25/h7-8,15,17,19H,3-6,9-14,16H2,1-2H3;3-4,11,13,20H,5-10,12H2,1-2H3. The smallest absolute Gasteiger partial charge is 0.253 e. The van der Waals surface area contributed by atoms with E-state index in [0.717, 1.165) is 111 Å². The first-order valence-corrected chi connectivity index (χ1v) is 24.7. The van der Waals surface area contributed by atoms with Crippen molar-refractivity contribution < 1.29 is 26.4 Å². The molecule has 0 atom stereocenters. The minimum absolute atomic E-state index is 0.0448. The predicted molar refractivity (Wildman–Crippen MR) is 225 cm³/mol. The van der Waals surface area contributed by atoms with Gasteiger partial charge in [0.1, 0.15) is 0 Å². The van der Waals surface area contributed by atoms with Gasteiger partial charge in [0.15, 0.2) is 0 Å². The number of piperidine rings is 2. The molecule has 2 saturated heterocycles. The summed E-state index contributed by atoms with van der Waals surface area (Å²) in [4.78, 5) is 32.5. The highest BCUT2D eigenvalue weighted by Gasteiger charge is 2.33. The maximum Gasteiger partial charge on any atom is 0.253 e. The van der Waals surface area contributed by atoms with E-state index in [1.54, 1.807) is 12.1 Å². The van der Waals surface area contributed by atoms with Crippen LogP contribution in [0.5, 0.6) is 0 Å². The lowest BCUT2D eigenvalue weighted by Crippen LogP contribution is -2.38. The highest BCUT2D eigenvalue weighted by Crippen LogP contribution is 2.36. The number of fused-ring (bicyclic) bond motifs is 6. The zero-order chi connectivity index (χ0) is 40.2. The normalized spacial score (nSPS) is 20.4. The van der Waals surface area contributed by atoms with Crippen molar-refractivity contribution in [2.24, 2.45) is 11.8 Å². The van der Waals surface area contributed by atoms with Gasteiger partial charge < -0.3 is 15.1 Å². The van der Waals surface area contributed by atoms with E-state index in [1.807, 2.05) is 34.1 Å².